The molecule has 0 aliphatic rings. The number of hydrazone groups is 1. The first-order chi connectivity index (χ1) is 10.4. The van der Waals surface area contributed by atoms with Gasteiger partial charge in [-0.2, -0.15) is 10.1 Å². The maximum absolute atomic E-state index is 11.7. The molecule has 0 aliphatic carbocycles. The van der Waals surface area contributed by atoms with Crippen LogP contribution in [0, 0.1) is 0 Å². The maximum atomic E-state index is 11.7. The van der Waals surface area contributed by atoms with Gasteiger partial charge in [0.25, 0.3) is 0 Å². The number of anilines is 1. The van der Waals surface area contributed by atoms with Gasteiger partial charge in [0, 0.05) is 5.54 Å². The van der Waals surface area contributed by atoms with Gasteiger partial charge in [-0.05, 0) is 32.9 Å². The molecule has 0 radical (unpaired) electrons. The number of nitrogens with zero attached hydrogens (tertiary/aromatic N) is 3. The van der Waals surface area contributed by atoms with Crippen LogP contribution in [0.3, 0.4) is 0 Å². The lowest BCUT2D eigenvalue weighted by molar-refractivity contribution is -0.119. The number of aromatic amines is 1. The van der Waals surface area contributed by atoms with Crippen LogP contribution < -0.4 is 10.7 Å². The third kappa shape index (κ3) is 5.60. The van der Waals surface area contributed by atoms with Crippen molar-refractivity contribution in [2.45, 2.75) is 31.5 Å². The number of rotatable bonds is 6. The van der Waals surface area contributed by atoms with Gasteiger partial charge in [0.1, 0.15) is 5.76 Å². The Hall–Kier alpha value is -2.29. The molecule has 0 fully saturated rings. The molecule has 2 rings (SSSR count). The minimum atomic E-state index is -0.246. The number of thioether (sulfide) groups is 1. The molecule has 0 bridgehead atoms. The number of hydrogen-bond acceptors (Lipinski definition) is 7. The third-order valence-electron chi connectivity index (χ3n) is 2.22. The summed E-state index contributed by atoms with van der Waals surface area (Å²) in [5.41, 5.74) is 2.45. The van der Waals surface area contributed by atoms with Crippen LogP contribution in [-0.4, -0.2) is 38.6 Å². The largest absolute Gasteiger partial charge is 0.463 e. The number of amides is 1. The highest BCUT2D eigenvalue weighted by atomic mass is 32.2. The Labute approximate surface area is 132 Å². The maximum Gasteiger partial charge on any atom is 0.240 e. The summed E-state index contributed by atoms with van der Waals surface area (Å²) in [4.78, 5) is 15.9. The highest BCUT2D eigenvalue weighted by Gasteiger charge is 2.14. The van der Waals surface area contributed by atoms with Crippen LogP contribution >= 0.6 is 11.8 Å². The molecule has 9 heteroatoms. The fourth-order valence-corrected chi connectivity index (χ4v) is 2.07. The average molecular weight is 322 g/mol. The van der Waals surface area contributed by atoms with Gasteiger partial charge in [-0.25, -0.2) is 10.5 Å². The lowest BCUT2D eigenvalue weighted by Crippen LogP contribution is -2.41. The van der Waals surface area contributed by atoms with Crippen molar-refractivity contribution in [3.8, 4) is 0 Å². The molecule has 8 nitrogen and oxygen atoms in total. The highest BCUT2D eigenvalue weighted by Crippen LogP contribution is 2.14. The van der Waals surface area contributed by atoms with Gasteiger partial charge in [0.05, 0.1) is 18.2 Å². The number of carbonyl (C=O) groups excluding carboxylic acids is 1. The van der Waals surface area contributed by atoms with Crippen LogP contribution in [0.4, 0.5) is 5.95 Å². The molecule has 0 aromatic carbocycles. The van der Waals surface area contributed by atoms with E-state index in [9.17, 15) is 4.79 Å². The SMILES string of the molecule is CC(C)(C)NC(=O)CSc1n[nH]c(N/N=C\c2ccco2)n1. The Morgan fingerprint density at radius 2 is 2.36 bits per heavy atom. The molecule has 2 aromatic heterocycles. The van der Waals surface area contributed by atoms with E-state index in [-0.39, 0.29) is 17.2 Å². The lowest BCUT2D eigenvalue weighted by atomic mass is 10.1. The van der Waals surface area contributed by atoms with Crippen LogP contribution in [0.1, 0.15) is 26.5 Å². The summed E-state index contributed by atoms with van der Waals surface area (Å²) in [7, 11) is 0. The molecular weight excluding hydrogens is 304 g/mol. The van der Waals surface area contributed by atoms with E-state index < -0.39 is 0 Å². The number of carbonyl (C=O) groups is 1. The molecular formula is C13H18N6O2S. The summed E-state index contributed by atoms with van der Waals surface area (Å²) in [6, 6.07) is 3.55. The Bertz CT molecular complexity index is 629. The molecule has 0 atom stereocenters. The Morgan fingerprint density at radius 1 is 1.55 bits per heavy atom. The smallest absolute Gasteiger partial charge is 0.240 e. The van der Waals surface area contributed by atoms with E-state index in [1.54, 1.807) is 18.4 Å². The Kier molecular flexibility index (Phi) is 5.21. The predicted molar refractivity (Wildman–Crippen MR) is 84.9 cm³/mol. The predicted octanol–water partition coefficient (Wildman–Crippen LogP) is 1.85. The molecule has 2 heterocycles. The number of hydrogen-bond donors (Lipinski definition) is 3. The summed E-state index contributed by atoms with van der Waals surface area (Å²) in [6.07, 6.45) is 3.08. The summed E-state index contributed by atoms with van der Waals surface area (Å²) in [5, 5.41) is 14.0. The van der Waals surface area contributed by atoms with Crippen molar-refractivity contribution in [3.05, 3.63) is 24.2 Å². The van der Waals surface area contributed by atoms with Crippen LogP contribution in [0.2, 0.25) is 0 Å². The van der Waals surface area contributed by atoms with Gasteiger partial charge in [-0.15, -0.1) is 5.10 Å². The second-order valence-corrected chi connectivity index (χ2v) is 6.38. The van der Waals surface area contributed by atoms with Crippen LogP contribution in [0.15, 0.2) is 33.1 Å². The molecule has 22 heavy (non-hydrogen) atoms. The minimum Gasteiger partial charge on any atom is -0.463 e. The van der Waals surface area contributed by atoms with Crippen molar-refractivity contribution < 1.29 is 9.21 Å². The normalized spacial score (nSPS) is 11.8. The van der Waals surface area contributed by atoms with Gasteiger partial charge in [-0.3, -0.25) is 4.79 Å². The van der Waals surface area contributed by atoms with Crippen LogP contribution in [0.25, 0.3) is 0 Å². The topological polar surface area (TPSA) is 108 Å². The van der Waals surface area contributed by atoms with E-state index >= 15 is 0 Å². The lowest BCUT2D eigenvalue weighted by Gasteiger charge is -2.19. The second kappa shape index (κ2) is 7.12. The number of nitrogens with one attached hydrogen (secondary N) is 3. The first kappa shape index (κ1) is 16.1. The first-order valence-corrected chi connectivity index (χ1v) is 7.60. The number of furan rings is 1. The number of H-pyrrole nitrogens is 1. The zero-order chi connectivity index (χ0) is 16.0. The fraction of sp³-hybridized carbons (Fsp3) is 0.385. The molecule has 2 aromatic rings. The first-order valence-electron chi connectivity index (χ1n) is 6.61. The summed E-state index contributed by atoms with van der Waals surface area (Å²) >= 11 is 1.25. The van der Waals surface area contributed by atoms with E-state index in [0.29, 0.717) is 16.9 Å². The highest BCUT2D eigenvalue weighted by molar-refractivity contribution is 7.99. The van der Waals surface area contributed by atoms with E-state index in [1.165, 1.54) is 18.0 Å². The minimum absolute atomic E-state index is 0.0624. The second-order valence-electron chi connectivity index (χ2n) is 5.44. The molecule has 0 saturated heterocycles. The van der Waals surface area contributed by atoms with Crippen molar-refractivity contribution >= 4 is 29.8 Å². The molecule has 0 unspecified atom stereocenters. The van der Waals surface area contributed by atoms with E-state index in [2.05, 4.69) is 31.0 Å². The molecule has 0 aliphatic heterocycles. The van der Waals surface area contributed by atoms with Gasteiger partial charge in [-0.1, -0.05) is 11.8 Å². The Balaban J connectivity index is 1.78. The van der Waals surface area contributed by atoms with Crippen molar-refractivity contribution in [2.75, 3.05) is 11.2 Å². The quantitative estimate of drug-likeness (QED) is 0.425. The zero-order valence-corrected chi connectivity index (χ0v) is 13.4. The van der Waals surface area contributed by atoms with Crippen LogP contribution in [-0.2, 0) is 4.79 Å². The average Bonchev–Trinajstić information content (AvgIpc) is 3.06. The third-order valence-corrected chi connectivity index (χ3v) is 3.06. The monoisotopic (exact) mass is 322 g/mol. The van der Waals surface area contributed by atoms with Crippen molar-refractivity contribution in [2.24, 2.45) is 5.10 Å². The fourth-order valence-electron chi connectivity index (χ4n) is 1.47. The summed E-state index contributed by atoms with van der Waals surface area (Å²) < 4.78 is 5.10. The van der Waals surface area contributed by atoms with Gasteiger partial charge in [0.2, 0.25) is 17.0 Å². The van der Waals surface area contributed by atoms with Gasteiger partial charge in [0.15, 0.2) is 0 Å². The summed E-state index contributed by atoms with van der Waals surface area (Å²) in [5.74, 6) is 1.21. The van der Waals surface area contributed by atoms with Gasteiger partial charge < -0.3 is 9.73 Å². The van der Waals surface area contributed by atoms with Crippen molar-refractivity contribution in [3.63, 3.8) is 0 Å². The van der Waals surface area contributed by atoms with E-state index in [4.69, 9.17) is 4.42 Å². The Morgan fingerprint density at radius 3 is 3.05 bits per heavy atom. The van der Waals surface area contributed by atoms with Crippen molar-refractivity contribution in [1.29, 1.82) is 0 Å². The summed E-state index contributed by atoms with van der Waals surface area (Å²) in [6.45, 7) is 5.80. The molecule has 0 spiro atoms. The van der Waals surface area contributed by atoms with E-state index in [0.717, 1.165) is 0 Å². The number of aromatic nitrogens is 3. The standard InChI is InChI=1S/C13H18N6O2S/c1-13(2,3)16-10(20)8-22-12-15-11(18-19-12)17-14-7-9-5-4-6-21-9/h4-7H,8H2,1-3H3,(H,16,20)(H2,15,17,18,19)/b14-7-. The molecule has 1 amide bonds. The van der Waals surface area contributed by atoms with E-state index in [1.807, 2.05) is 20.8 Å². The zero-order valence-electron chi connectivity index (χ0n) is 12.6. The molecule has 3 N–H and O–H groups in total. The van der Waals surface area contributed by atoms with Gasteiger partial charge >= 0.3 is 0 Å². The molecule has 0 saturated carbocycles. The molecule has 118 valence electrons. The van der Waals surface area contributed by atoms with Crippen molar-refractivity contribution in [1.82, 2.24) is 20.5 Å². The van der Waals surface area contributed by atoms with Crippen LogP contribution in [0.5, 0.6) is 0 Å².